The number of hydrogen-bond acceptors (Lipinski definition) is 4. The summed E-state index contributed by atoms with van der Waals surface area (Å²) in [6.07, 6.45) is 2.51. The molecule has 3 rings (SSSR count). The summed E-state index contributed by atoms with van der Waals surface area (Å²) in [5.74, 6) is 1.36. The standard InChI is InChI=1S/C24H33N5O2/c1-25-24(27-15-14-26-23(30)20-10-12-21(31-2)13-11-20)28-18-22(29-16-6-7-17-29)19-8-4-3-5-9-19/h3-5,8-13,22H,6-7,14-18H2,1-2H3,(H,26,30)(H2,25,27,28). The van der Waals surface area contributed by atoms with Crippen LogP contribution in [0.25, 0.3) is 0 Å². The molecular weight excluding hydrogens is 390 g/mol. The second-order valence-corrected chi connectivity index (χ2v) is 7.53. The van der Waals surface area contributed by atoms with Gasteiger partial charge in [-0.05, 0) is 55.8 Å². The van der Waals surface area contributed by atoms with Crippen LogP contribution in [0.2, 0.25) is 0 Å². The summed E-state index contributed by atoms with van der Waals surface area (Å²) in [6, 6.07) is 18.0. The minimum atomic E-state index is -0.106. The first-order chi connectivity index (χ1) is 15.2. The molecule has 1 aliphatic rings. The Hall–Kier alpha value is -3.06. The van der Waals surface area contributed by atoms with E-state index in [-0.39, 0.29) is 5.91 Å². The van der Waals surface area contributed by atoms with E-state index in [0.29, 0.717) is 24.7 Å². The Morgan fingerprint density at radius 3 is 2.32 bits per heavy atom. The van der Waals surface area contributed by atoms with Gasteiger partial charge in [-0.1, -0.05) is 30.3 Å². The van der Waals surface area contributed by atoms with Crippen LogP contribution in [-0.2, 0) is 0 Å². The van der Waals surface area contributed by atoms with Crippen LogP contribution in [0.5, 0.6) is 5.75 Å². The van der Waals surface area contributed by atoms with Crippen molar-refractivity contribution in [3.05, 3.63) is 65.7 Å². The highest BCUT2D eigenvalue weighted by Crippen LogP contribution is 2.24. The van der Waals surface area contributed by atoms with Gasteiger partial charge in [0.2, 0.25) is 0 Å². The van der Waals surface area contributed by atoms with Crippen molar-refractivity contribution in [1.29, 1.82) is 0 Å². The van der Waals surface area contributed by atoms with Gasteiger partial charge in [-0.2, -0.15) is 0 Å². The number of carbonyl (C=O) groups excluding carboxylic acids is 1. The van der Waals surface area contributed by atoms with E-state index >= 15 is 0 Å². The fourth-order valence-corrected chi connectivity index (χ4v) is 3.80. The molecule has 0 aliphatic carbocycles. The summed E-state index contributed by atoms with van der Waals surface area (Å²) < 4.78 is 5.12. The molecule has 0 bridgehead atoms. The number of nitrogens with zero attached hydrogens (tertiary/aromatic N) is 2. The largest absolute Gasteiger partial charge is 0.497 e. The van der Waals surface area contributed by atoms with Gasteiger partial charge in [0.25, 0.3) is 5.91 Å². The molecule has 0 radical (unpaired) electrons. The van der Waals surface area contributed by atoms with E-state index in [0.717, 1.165) is 31.3 Å². The van der Waals surface area contributed by atoms with Crippen LogP contribution in [0.3, 0.4) is 0 Å². The zero-order valence-corrected chi connectivity index (χ0v) is 18.4. The molecule has 1 unspecified atom stereocenters. The van der Waals surface area contributed by atoms with Crippen molar-refractivity contribution in [2.75, 3.05) is 46.9 Å². The Balaban J connectivity index is 1.44. The molecule has 2 aromatic carbocycles. The molecule has 1 heterocycles. The Morgan fingerprint density at radius 1 is 1.00 bits per heavy atom. The summed E-state index contributed by atoms with van der Waals surface area (Å²) in [7, 11) is 3.37. The summed E-state index contributed by atoms with van der Waals surface area (Å²) in [4.78, 5) is 19.1. The third-order valence-corrected chi connectivity index (χ3v) is 5.51. The van der Waals surface area contributed by atoms with E-state index in [4.69, 9.17) is 4.74 Å². The lowest BCUT2D eigenvalue weighted by atomic mass is 10.1. The van der Waals surface area contributed by atoms with E-state index in [1.54, 1.807) is 38.4 Å². The number of carbonyl (C=O) groups is 1. The maximum atomic E-state index is 12.2. The van der Waals surface area contributed by atoms with Crippen molar-refractivity contribution in [2.45, 2.75) is 18.9 Å². The quantitative estimate of drug-likeness (QED) is 0.328. The zero-order chi connectivity index (χ0) is 21.9. The van der Waals surface area contributed by atoms with E-state index < -0.39 is 0 Å². The van der Waals surface area contributed by atoms with E-state index in [1.165, 1.54) is 18.4 Å². The van der Waals surface area contributed by atoms with Crippen molar-refractivity contribution < 1.29 is 9.53 Å². The predicted molar refractivity (Wildman–Crippen MR) is 125 cm³/mol. The third kappa shape index (κ3) is 6.72. The summed E-state index contributed by atoms with van der Waals surface area (Å²) in [5, 5.41) is 9.64. The Kier molecular flexibility index (Phi) is 8.72. The maximum Gasteiger partial charge on any atom is 0.251 e. The van der Waals surface area contributed by atoms with Crippen LogP contribution in [0.1, 0.15) is 34.8 Å². The molecule has 3 N–H and O–H groups in total. The minimum Gasteiger partial charge on any atom is -0.497 e. The molecule has 7 heteroatoms. The second kappa shape index (κ2) is 12.0. The van der Waals surface area contributed by atoms with Gasteiger partial charge in [0.15, 0.2) is 5.96 Å². The van der Waals surface area contributed by atoms with Gasteiger partial charge in [-0.3, -0.25) is 14.7 Å². The predicted octanol–water partition coefficient (Wildman–Crippen LogP) is 2.43. The van der Waals surface area contributed by atoms with Gasteiger partial charge in [-0.25, -0.2) is 0 Å². The average molecular weight is 424 g/mol. The normalized spacial score (nSPS) is 15.4. The molecule has 0 aromatic heterocycles. The van der Waals surface area contributed by atoms with Gasteiger partial charge >= 0.3 is 0 Å². The topological polar surface area (TPSA) is 78.0 Å². The molecule has 0 saturated carbocycles. The number of amides is 1. The van der Waals surface area contributed by atoms with Crippen LogP contribution in [0.15, 0.2) is 59.6 Å². The van der Waals surface area contributed by atoms with Crippen molar-refractivity contribution in [1.82, 2.24) is 20.9 Å². The molecule has 1 fully saturated rings. The number of guanidine groups is 1. The van der Waals surface area contributed by atoms with Crippen molar-refractivity contribution >= 4 is 11.9 Å². The molecule has 166 valence electrons. The number of nitrogens with one attached hydrogen (secondary N) is 3. The van der Waals surface area contributed by atoms with Gasteiger partial charge in [0, 0.05) is 32.2 Å². The third-order valence-electron chi connectivity index (χ3n) is 5.51. The van der Waals surface area contributed by atoms with Crippen LogP contribution >= 0.6 is 0 Å². The second-order valence-electron chi connectivity index (χ2n) is 7.53. The molecule has 1 atom stereocenters. The molecule has 1 aliphatic heterocycles. The van der Waals surface area contributed by atoms with Crippen LogP contribution in [0, 0.1) is 0 Å². The monoisotopic (exact) mass is 423 g/mol. The Labute approximate surface area is 184 Å². The number of aliphatic imine (C=N–C) groups is 1. The fraction of sp³-hybridized carbons (Fsp3) is 0.417. The SMILES string of the molecule is CN=C(NCCNC(=O)c1ccc(OC)cc1)NCC(c1ccccc1)N1CCCC1. The van der Waals surface area contributed by atoms with E-state index in [2.05, 4.69) is 56.2 Å². The minimum absolute atomic E-state index is 0.106. The molecule has 31 heavy (non-hydrogen) atoms. The lowest BCUT2D eigenvalue weighted by molar-refractivity contribution is 0.0954. The smallest absolute Gasteiger partial charge is 0.251 e. The number of likely N-dealkylation sites (tertiary alicyclic amines) is 1. The first kappa shape index (κ1) is 22.6. The highest BCUT2D eigenvalue weighted by atomic mass is 16.5. The first-order valence-corrected chi connectivity index (χ1v) is 10.9. The molecule has 0 spiro atoms. The first-order valence-electron chi connectivity index (χ1n) is 10.9. The number of ether oxygens (including phenoxy) is 1. The average Bonchev–Trinajstić information content (AvgIpc) is 3.35. The lowest BCUT2D eigenvalue weighted by Crippen LogP contribution is -2.44. The molecule has 1 saturated heterocycles. The highest BCUT2D eigenvalue weighted by molar-refractivity contribution is 5.94. The summed E-state index contributed by atoms with van der Waals surface area (Å²) in [6.45, 7) is 4.12. The van der Waals surface area contributed by atoms with Gasteiger partial charge in [0.1, 0.15) is 5.75 Å². The Morgan fingerprint density at radius 2 is 1.68 bits per heavy atom. The summed E-state index contributed by atoms with van der Waals surface area (Å²) >= 11 is 0. The number of hydrogen-bond donors (Lipinski definition) is 3. The molecule has 1 amide bonds. The fourth-order valence-electron chi connectivity index (χ4n) is 3.80. The molecule has 7 nitrogen and oxygen atoms in total. The number of rotatable bonds is 9. The van der Waals surface area contributed by atoms with Gasteiger partial charge in [-0.15, -0.1) is 0 Å². The highest BCUT2D eigenvalue weighted by Gasteiger charge is 2.23. The van der Waals surface area contributed by atoms with E-state index in [9.17, 15) is 4.79 Å². The van der Waals surface area contributed by atoms with Crippen molar-refractivity contribution in [3.8, 4) is 5.75 Å². The van der Waals surface area contributed by atoms with Gasteiger partial charge in [0.05, 0.1) is 13.2 Å². The molecular formula is C24H33N5O2. The maximum absolute atomic E-state index is 12.2. The zero-order valence-electron chi connectivity index (χ0n) is 18.4. The Bertz CT molecular complexity index is 833. The van der Waals surface area contributed by atoms with Crippen molar-refractivity contribution in [3.63, 3.8) is 0 Å². The summed E-state index contributed by atoms with van der Waals surface area (Å²) in [5.41, 5.74) is 1.93. The van der Waals surface area contributed by atoms with E-state index in [1.807, 2.05) is 0 Å². The number of benzene rings is 2. The number of methoxy groups -OCH3 is 1. The molecule has 2 aromatic rings. The van der Waals surface area contributed by atoms with Crippen LogP contribution in [-0.4, -0.2) is 63.6 Å². The van der Waals surface area contributed by atoms with Crippen molar-refractivity contribution in [2.24, 2.45) is 4.99 Å². The van der Waals surface area contributed by atoms with Crippen LogP contribution < -0.4 is 20.7 Å². The van der Waals surface area contributed by atoms with Crippen LogP contribution in [0.4, 0.5) is 0 Å². The van der Waals surface area contributed by atoms with Gasteiger partial charge < -0.3 is 20.7 Å². The lowest BCUT2D eigenvalue weighted by Gasteiger charge is -2.29.